The van der Waals surface area contributed by atoms with E-state index < -0.39 is 23.7 Å². The summed E-state index contributed by atoms with van der Waals surface area (Å²) in [5.74, 6) is 10.0. The topological polar surface area (TPSA) is 85.7 Å². The van der Waals surface area contributed by atoms with Gasteiger partial charge in [-0.2, -0.15) is 18.3 Å². The molecule has 1 aliphatic heterocycles. The summed E-state index contributed by atoms with van der Waals surface area (Å²) in [5.41, 5.74) is -1.33. The van der Waals surface area contributed by atoms with Crippen molar-refractivity contribution in [2.75, 3.05) is 6.61 Å². The number of halogens is 3. The van der Waals surface area contributed by atoms with Gasteiger partial charge in [0.1, 0.15) is 0 Å². The van der Waals surface area contributed by atoms with Gasteiger partial charge in [-0.15, -0.1) is 0 Å². The first kappa shape index (κ1) is 13.2. The number of hydrogen-bond donors (Lipinski definition) is 3. The van der Waals surface area contributed by atoms with E-state index >= 15 is 0 Å². The maximum Gasteiger partial charge on any atom is 0.432 e. The van der Waals surface area contributed by atoms with Gasteiger partial charge in [-0.1, -0.05) is 13.8 Å². The minimum Gasteiger partial charge on any atom is -0.350 e. The van der Waals surface area contributed by atoms with Crippen LogP contribution in [0.2, 0.25) is 0 Å². The zero-order chi connectivity index (χ0) is 12.6. The van der Waals surface area contributed by atoms with Crippen molar-refractivity contribution in [3.63, 3.8) is 0 Å². The smallest absolute Gasteiger partial charge is 0.350 e. The van der Waals surface area contributed by atoms with Crippen LogP contribution in [0.4, 0.5) is 13.2 Å². The molecule has 0 aromatic carbocycles. The van der Waals surface area contributed by atoms with Gasteiger partial charge < -0.3 is 10.6 Å². The number of nitrogens with zero attached hydrogens (tertiary/aromatic N) is 1. The van der Waals surface area contributed by atoms with Crippen LogP contribution in [0.3, 0.4) is 0 Å². The van der Waals surface area contributed by atoms with Crippen LogP contribution >= 0.6 is 0 Å². The highest BCUT2D eigenvalue weighted by molar-refractivity contribution is 5.91. The zero-order valence-corrected chi connectivity index (χ0v) is 9.06. The number of nitrogens with two attached hydrogens (primary N) is 2. The van der Waals surface area contributed by atoms with E-state index in [1.165, 1.54) is 0 Å². The molecular formula is C8H15F3N4O. The van der Waals surface area contributed by atoms with Crippen molar-refractivity contribution in [3.8, 4) is 0 Å². The van der Waals surface area contributed by atoms with Crippen LogP contribution in [0, 0.1) is 5.41 Å². The van der Waals surface area contributed by atoms with Gasteiger partial charge in [0.15, 0.2) is 0 Å². The van der Waals surface area contributed by atoms with Crippen LogP contribution in [-0.2, 0) is 4.74 Å². The number of hydrazone groups is 1. The Morgan fingerprint density at radius 1 is 1.44 bits per heavy atom. The van der Waals surface area contributed by atoms with Crippen molar-refractivity contribution in [1.82, 2.24) is 5.43 Å². The van der Waals surface area contributed by atoms with Crippen molar-refractivity contribution in [1.29, 1.82) is 0 Å². The molecule has 0 bridgehead atoms. The molecule has 5 nitrogen and oxygen atoms in total. The van der Waals surface area contributed by atoms with Crippen LogP contribution in [0.1, 0.15) is 20.3 Å². The van der Waals surface area contributed by atoms with E-state index in [0.29, 0.717) is 0 Å². The fraction of sp³-hybridized carbons (Fsp3) is 0.875. The van der Waals surface area contributed by atoms with Gasteiger partial charge in [0, 0.05) is 11.8 Å². The number of ether oxygens (including phenoxy) is 1. The van der Waals surface area contributed by atoms with Gasteiger partial charge in [0.25, 0.3) is 0 Å². The Kier molecular flexibility index (Phi) is 3.19. The third kappa shape index (κ3) is 2.00. The average Bonchev–Trinajstić information content (AvgIpc) is 2.16. The summed E-state index contributed by atoms with van der Waals surface area (Å²) in [4.78, 5) is 0. The molecule has 0 aliphatic carbocycles. The quantitative estimate of drug-likeness (QED) is 0.459. The minimum atomic E-state index is -4.63. The molecule has 1 fully saturated rings. The van der Waals surface area contributed by atoms with E-state index in [9.17, 15) is 13.2 Å². The van der Waals surface area contributed by atoms with Crippen molar-refractivity contribution >= 4 is 5.71 Å². The normalized spacial score (nSPS) is 33.0. The largest absolute Gasteiger partial charge is 0.432 e. The van der Waals surface area contributed by atoms with E-state index in [4.69, 9.17) is 16.4 Å². The first-order valence-corrected chi connectivity index (χ1v) is 4.64. The molecule has 94 valence electrons. The van der Waals surface area contributed by atoms with E-state index in [1.807, 2.05) is 0 Å². The summed E-state index contributed by atoms with van der Waals surface area (Å²) in [5, 5.41) is 3.40. The second kappa shape index (κ2) is 3.86. The predicted molar refractivity (Wildman–Crippen MR) is 52.1 cm³/mol. The second-order valence-electron chi connectivity index (χ2n) is 4.39. The van der Waals surface area contributed by atoms with E-state index in [2.05, 4.69) is 5.10 Å². The molecule has 0 spiro atoms. The molecule has 0 amide bonds. The zero-order valence-electron chi connectivity index (χ0n) is 9.06. The SMILES string of the molecule is CC1(C)CO[C@](NN)(C(F)(F)F)CC1=NN. The number of hydrogen-bond acceptors (Lipinski definition) is 5. The summed E-state index contributed by atoms with van der Waals surface area (Å²) >= 11 is 0. The molecule has 1 heterocycles. The van der Waals surface area contributed by atoms with Gasteiger partial charge in [-0.25, -0.2) is 5.43 Å². The van der Waals surface area contributed by atoms with Crippen LogP contribution in [0.25, 0.3) is 0 Å². The van der Waals surface area contributed by atoms with E-state index in [-0.39, 0.29) is 12.3 Å². The van der Waals surface area contributed by atoms with Crippen molar-refractivity contribution in [2.45, 2.75) is 32.2 Å². The molecule has 0 aromatic heterocycles. The lowest BCUT2D eigenvalue weighted by Gasteiger charge is -2.44. The lowest BCUT2D eigenvalue weighted by Crippen LogP contribution is -2.66. The Bertz CT molecular complexity index is 302. The molecular weight excluding hydrogens is 225 g/mol. The fourth-order valence-electron chi connectivity index (χ4n) is 1.49. The van der Waals surface area contributed by atoms with Crippen LogP contribution < -0.4 is 17.1 Å². The molecule has 0 unspecified atom stereocenters. The molecule has 0 radical (unpaired) electrons. The fourth-order valence-corrected chi connectivity index (χ4v) is 1.49. The Labute approximate surface area is 91.0 Å². The lowest BCUT2D eigenvalue weighted by atomic mass is 9.81. The highest BCUT2D eigenvalue weighted by atomic mass is 19.4. The molecule has 16 heavy (non-hydrogen) atoms. The Balaban J connectivity index is 3.04. The summed E-state index contributed by atoms with van der Waals surface area (Å²) in [6.45, 7) is 3.25. The second-order valence-corrected chi connectivity index (χ2v) is 4.39. The maximum absolute atomic E-state index is 12.8. The van der Waals surface area contributed by atoms with E-state index in [0.717, 1.165) is 0 Å². The third-order valence-corrected chi connectivity index (χ3v) is 2.72. The highest BCUT2D eigenvalue weighted by Gasteiger charge is 2.60. The summed E-state index contributed by atoms with van der Waals surface area (Å²) in [6.07, 6.45) is -5.15. The Morgan fingerprint density at radius 2 is 2.00 bits per heavy atom. The van der Waals surface area contributed by atoms with Crippen LogP contribution in [0.15, 0.2) is 5.10 Å². The van der Waals surface area contributed by atoms with Crippen molar-refractivity contribution in [3.05, 3.63) is 0 Å². The summed E-state index contributed by atoms with van der Waals surface area (Å²) in [6, 6.07) is 0. The highest BCUT2D eigenvalue weighted by Crippen LogP contribution is 2.41. The standard InChI is InChI=1S/C8H15F3N4O/c1-6(2)4-16-7(15-13,8(9,10)11)3-5(6)14-12/h15H,3-4,12-13H2,1-2H3/t7-/m0/s1. The van der Waals surface area contributed by atoms with Crippen LogP contribution in [-0.4, -0.2) is 24.2 Å². The molecule has 0 aromatic rings. The molecule has 8 heteroatoms. The van der Waals surface area contributed by atoms with Gasteiger partial charge in [0.2, 0.25) is 5.72 Å². The van der Waals surface area contributed by atoms with Crippen LogP contribution in [0.5, 0.6) is 0 Å². The number of hydrazine groups is 1. The predicted octanol–water partition coefficient (Wildman–Crippen LogP) is 0.470. The first-order chi connectivity index (χ1) is 7.18. The average molecular weight is 240 g/mol. The number of rotatable bonds is 1. The summed E-state index contributed by atoms with van der Waals surface area (Å²) in [7, 11) is 0. The maximum atomic E-state index is 12.8. The van der Waals surface area contributed by atoms with Crippen molar-refractivity contribution < 1.29 is 17.9 Å². The number of nitrogens with one attached hydrogen (secondary N) is 1. The minimum absolute atomic E-state index is 0.160. The van der Waals surface area contributed by atoms with E-state index in [1.54, 1.807) is 19.3 Å². The van der Waals surface area contributed by atoms with Gasteiger partial charge in [0.05, 0.1) is 12.3 Å². The Morgan fingerprint density at radius 3 is 2.38 bits per heavy atom. The molecule has 1 atom stereocenters. The molecule has 1 rings (SSSR count). The van der Waals surface area contributed by atoms with Gasteiger partial charge in [-0.05, 0) is 0 Å². The van der Waals surface area contributed by atoms with Gasteiger partial charge >= 0.3 is 6.18 Å². The molecule has 0 saturated carbocycles. The van der Waals surface area contributed by atoms with Crippen molar-refractivity contribution in [2.24, 2.45) is 22.2 Å². The first-order valence-electron chi connectivity index (χ1n) is 4.64. The summed E-state index contributed by atoms with van der Waals surface area (Å²) < 4.78 is 43.2. The molecule has 5 N–H and O–H groups in total. The number of alkyl halides is 3. The molecule has 1 saturated heterocycles. The monoisotopic (exact) mass is 240 g/mol. The lowest BCUT2D eigenvalue weighted by molar-refractivity contribution is -0.298. The Hall–Kier alpha value is -0.860. The van der Waals surface area contributed by atoms with Gasteiger partial charge in [-0.3, -0.25) is 5.84 Å². The molecule has 1 aliphatic rings. The third-order valence-electron chi connectivity index (χ3n) is 2.72.